The Morgan fingerprint density at radius 1 is 1.05 bits per heavy atom. The SMILES string of the molecule is CCCN.Cc1ccc2c(c1)Cc1ccccc1S2. The lowest BCUT2D eigenvalue weighted by Crippen LogP contribution is -1.99. The fraction of sp³-hybridized carbons (Fsp3) is 0.294. The summed E-state index contributed by atoms with van der Waals surface area (Å²) in [5.41, 5.74) is 9.31. The molecule has 0 spiro atoms. The Hall–Kier alpha value is -1.25. The molecular formula is C17H21NS. The highest BCUT2D eigenvalue weighted by molar-refractivity contribution is 7.99. The third-order valence-electron chi connectivity index (χ3n) is 3.08. The molecule has 0 amide bonds. The van der Waals surface area contributed by atoms with Crippen molar-refractivity contribution in [3.63, 3.8) is 0 Å². The fourth-order valence-corrected chi connectivity index (χ4v) is 3.07. The van der Waals surface area contributed by atoms with Crippen LogP contribution in [0, 0.1) is 6.92 Å². The van der Waals surface area contributed by atoms with Crippen LogP contribution in [0.15, 0.2) is 52.3 Å². The molecule has 3 rings (SSSR count). The molecule has 1 aliphatic heterocycles. The minimum Gasteiger partial charge on any atom is -0.330 e. The van der Waals surface area contributed by atoms with E-state index in [1.165, 1.54) is 26.5 Å². The Morgan fingerprint density at radius 3 is 2.47 bits per heavy atom. The van der Waals surface area contributed by atoms with Gasteiger partial charge in [0, 0.05) is 9.79 Å². The lowest BCUT2D eigenvalue weighted by atomic mass is 10.0. The number of hydrogen-bond donors (Lipinski definition) is 1. The number of aryl methyl sites for hydroxylation is 1. The van der Waals surface area contributed by atoms with E-state index in [9.17, 15) is 0 Å². The van der Waals surface area contributed by atoms with Crippen molar-refractivity contribution in [2.45, 2.75) is 36.5 Å². The second kappa shape index (κ2) is 6.78. The molecule has 0 saturated heterocycles. The van der Waals surface area contributed by atoms with Gasteiger partial charge in [0.15, 0.2) is 0 Å². The standard InChI is InChI=1S/C14H12S.C3H9N/c1-10-6-7-14-12(8-10)9-11-4-2-3-5-13(11)15-14;1-2-3-4/h2-8H,9H2,1H3;2-4H2,1H3. The average Bonchev–Trinajstić information content (AvgIpc) is 2.45. The van der Waals surface area contributed by atoms with Crippen molar-refractivity contribution in [1.29, 1.82) is 0 Å². The van der Waals surface area contributed by atoms with Gasteiger partial charge in [-0.15, -0.1) is 0 Å². The summed E-state index contributed by atoms with van der Waals surface area (Å²) >= 11 is 1.89. The van der Waals surface area contributed by atoms with Gasteiger partial charge in [0.2, 0.25) is 0 Å². The van der Waals surface area contributed by atoms with Crippen LogP contribution in [-0.4, -0.2) is 6.54 Å². The van der Waals surface area contributed by atoms with E-state index in [4.69, 9.17) is 5.73 Å². The van der Waals surface area contributed by atoms with Crippen LogP contribution in [0.3, 0.4) is 0 Å². The van der Waals surface area contributed by atoms with Gasteiger partial charge in [0.1, 0.15) is 0 Å². The molecule has 2 heteroatoms. The van der Waals surface area contributed by atoms with E-state index in [1.807, 2.05) is 11.8 Å². The molecule has 0 aromatic heterocycles. The monoisotopic (exact) mass is 271 g/mol. The zero-order valence-electron chi connectivity index (χ0n) is 11.6. The van der Waals surface area contributed by atoms with Crippen molar-refractivity contribution in [1.82, 2.24) is 0 Å². The first kappa shape index (κ1) is 14.2. The van der Waals surface area contributed by atoms with Crippen LogP contribution in [-0.2, 0) is 6.42 Å². The van der Waals surface area contributed by atoms with Crippen molar-refractivity contribution < 1.29 is 0 Å². The zero-order chi connectivity index (χ0) is 13.7. The lowest BCUT2D eigenvalue weighted by Gasteiger charge is -2.18. The van der Waals surface area contributed by atoms with Crippen LogP contribution in [0.2, 0.25) is 0 Å². The number of hydrogen-bond acceptors (Lipinski definition) is 2. The number of benzene rings is 2. The molecule has 1 nitrogen and oxygen atoms in total. The van der Waals surface area contributed by atoms with Gasteiger partial charge < -0.3 is 5.73 Å². The minimum absolute atomic E-state index is 0.819. The largest absolute Gasteiger partial charge is 0.330 e. The first-order valence-electron chi connectivity index (χ1n) is 6.80. The van der Waals surface area contributed by atoms with Crippen molar-refractivity contribution in [3.05, 3.63) is 59.2 Å². The molecule has 1 aliphatic rings. The lowest BCUT2D eigenvalue weighted by molar-refractivity contribution is 0.932. The molecule has 0 radical (unpaired) electrons. The zero-order valence-corrected chi connectivity index (χ0v) is 12.5. The Balaban J connectivity index is 0.000000297. The van der Waals surface area contributed by atoms with Crippen molar-refractivity contribution in [2.75, 3.05) is 6.54 Å². The average molecular weight is 271 g/mol. The molecule has 0 saturated carbocycles. The van der Waals surface area contributed by atoms with Crippen molar-refractivity contribution in [3.8, 4) is 0 Å². The molecule has 1 heterocycles. The highest BCUT2D eigenvalue weighted by Crippen LogP contribution is 2.39. The third kappa shape index (κ3) is 3.62. The van der Waals surface area contributed by atoms with Gasteiger partial charge in [-0.1, -0.05) is 54.6 Å². The van der Waals surface area contributed by atoms with Crippen molar-refractivity contribution >= 4 is 11.8 Å². The van der Waals surface area contributed by atoms with Gasteiger partial charge >= 0.3 is 0 Å². The molecule has 0 bridgehead atoms. The first-order chi connectivity index (χ1) is 9.24. The van der Waals surface area contributed by atoms with Gasteiger partial charge in [-0.25, -0.2) is 0 Å². The molecule has 2 N–H and O–H groups in total. The van der Waals surface area contributed by atoms with E-state index in [2.05, 4.69) is 56.3 Å². The van der Waals surface area contributed by atoms with Crippen LogP contribution < -0.4 is 5.73 Å². The number of fused-ring (bicyclic) bond motifs is 2. The first-order valence-corrected chi connectivity index (χ1v) is 7.61. The molecule has 0 aliphatic carbocycles. The molecule has 0 atom stereocenters. The summed E-state index contributed by atoms with van der Waals surface area (Å²) in [6.07, 6.45) is 2.18. The van der Waals surface area contributed by atoms with E-state index in [0.717, 1.165) is 19.4 Å². The number of nitrogens with two attached hydrogens (primary N) is 1. The molecule has 2 aromatic rings. The van der Waals surface area contributed by atoms with E-state index < -0.39 is 0 Å². The molecule has 2 aromatic carbocycles. The molecule has 100 valence electrons. The summed E-state index contributed by atoms with van der Waals surface area (Å²) in [4.78, 5) is 2.83. The van der Waals surface area contributed by atoms with Crippen molar-refractivity contribution in [2.24, 2.45) is 5.73 Å². The predicted octanol–water partition coefficient (Wildman–Crippen LogP) is 4.41. The maximum absolute atomic E-state index is 5.03. The van der Waals surface area contributed by atoms with E-state index >= 15 is 0 Å². The fourth-order valence-electron chi connectivity index (χ4n) is 2.02. The summed E-state index contributed by atoms with van der Waals surface area (Å²) in [7, 11) is 0. The van der Waals surface area contributed by atoms with E-state index in [0.29, 0.717) is 0 Å². The highest BCUT2D eigenvalue weighted by Gasteiger charge is 2.14. The molecular weight excluding hydrogens is 250 g/mol. The Labute approximate surface area is 120 Å². The number of rotatable bonds is 1. The summed E-state index contributed by atoms with van der Waals surface area (Å²) in [6, 6.07) is 15.4. The van der Waals surface area contributed by atoms with E-state index in [-0.39, 0.29) is 0 Å². The maximum atomic E-state index is 5.03. The summed E-state index contributed by atoms with van der Waals surface area (Å²) in [6.45, 7) is 5.03. The van der Waals surface area contributed by atoms with Crippen LogP contribution in [0.25, 0.3) is 0 Å². The second-order valence-electron chi connectivity index (χ2n) is 4.79. The van der Waals surface area contributed by atoms with Crippen LogP contribution >= 0.6 is 11.8 Å². The Bertz CT molecular complexity index is 547. The summed E-state index contributed by atoms with van der Waals surface area (Å²) in [5, 5.41) is 0. The third-order valence-corrected chi connectivity index (χ3v) is 4.31. The molecule has 19 heavy (non-hydrogen) atoms. The van der Waals surface area contributed by atoms with E-state index in [1.54, 1.807) is 0 Å². The van der Waals surface area contributed by atoms with Gasteiger partial charge in [0.25, 0.3) is 0 Å². The topological polar surface area (TPSA) is 26.0 Å². The maximum Gasteiger partial charge on any atom is 0.0158 e. The summed E-state index contributed by atoms with van der Waals surface area (Å²) < 4.78 is 0. The second-order valence-corrected chi connectivity index (χ2v) is 5.87. The Kier molecular flexibility index (Phi) is 5.06. The molecule has 0 unspecified atom stereocenters. The van der Waals surface area contributed by atoms with Crippen LogP contribution in [0.1, 0.15) is 30.0 Å². The minimum atomic E-state index is 0.819. The Morgan fingerprint density at radius 2 is 1.74 bits per heavy atom. The quantitative estimate of drug-likeness (QED) is 0.709. The van der Waals surface area contributed by atoms with Gasteiger partial charge in [-0.3, -0.25) is 0 Å². The van der Waals surface area contributed by atoms with Gasteiger partial charge in [-0.05, 0) is 49.6 Å². The summed E-state index contributed by atoms with van der Waals surface area (Å²) in [5.74, 6) is 0. The van der Waals surface area contributed by atoms with Crippen LogP contribution in [0.5, 0.6) is 0 Å². The highest BCUT2D eigenvalue weighted by atomic mass is 32.2. The smallest absolute Gasteiger partial charge is 0.0158 e. The van der Waals surface area contributed by atoms with Gasteiger partial charge in [-0.2, -0.15) is 0 Å². The predicted molar refractivity (Wildman–Crippen MR) is 83.9 cm³/mol. The molecule has 0 fully saturated rings. The van der Waals surface area contributed by atoms with Gasteiger partial charge in [0.05, 0.1) is 0 Å². The normalized spacial score (nSPS) is 11.9. The van der Waals surface area contributed by atoms with Crippen LogP contribution in [0.4, 0.5) is 0 Å².